The standard InChI is InChI=1S/C13H13N3O4/c17-12(16-4-5-20-10(7-16)13(18)19)9-3-1-2-8-6-14-15-11(8)9/h1-3,6,10H,4-5,7H2,(H,14,15)(H,18,19). The third-order valence-electron chi connectivity index (χ3n) is 3.34. The number of carboxylic acids is 1. The van der Waals surface area contributed by atoms with E-state index in [4.69, 9.17) is 9.84 Å². The van der Waals surface area contributed by atoms with E-state index in [0.717, 1.165) is 5.39 Å². The van der Waals surface area contributed by atoms with E-state index >= 15 is 0 Å². The summed E-state index contributed by atoms with van der Waals surface area (Å²) in [5.74, 6) is -1.27. The van der Waals surface area contributed by atoms with Crippen LogP contribution in [0.3, 0.4) is 0 Å². The van der Waals surface area contributed by atoms with Crippen LogP contribution in [0.1, 0.15) is 10.4 Å². The smallest absolute Gasteiger partial charge is 0.334 e. The van der Waals surface area contributed by atoms with E-state index in [1.165, 1.54) is 4.90 Å². The van der Waals surface area contributed by atoms with Crippen molar-refractivity contribution >= 4 is 22.8 Å². The van der Waals surface area contributed by atoms with Crippen LogP contribution >= 0.6 is 0 Å². The van der Waals surface area contributed by atoms with E-state index in [0.29, 0.717) is 17.6 Å². The van der Waals surface area contributed by atoms with Crippen molar-refractivity contribution in [2.75, 3.05) is 19.7 Å². The highest BCUT2D eigenvalue weighted by Crippen LogP contribution is 2.18. The molecule has 0 saturated carbocycles. The lowest BCUT2D eigenvalue weighted by atomic mass is 10.1. The SMILES string of the molecule is O=C(O)C1CN(C(=O)c2cccc3cn[nH]c23)CCO1. The van der Waals surface area contributed by atoms with Crippen LogP contribution in [0.2, 0.25) is 0 Å². The maximum atomic E-state index is 12.5. The first kappa shape index (κ1) is 12.6. The number of carboxylic acid groups (broad SMARTS) is 1. The van der Waals surface area contributed by atoms with Gasteiger partial charge in [0.15, 0.2) is 6.10 Å². The fourth-order valence-electron chi connectivity index (χ4n) is 2.30. The first-order chi connectivity index (χ1) is 9.66. The summed E-state index contributed by atoms with van der Waals surface area (Å²) in [6, 6.07) is 5.34. The van der Waals surface area contributed by atoms with E-state index < -0.39 is 12.1 Å². The minimum absolute atomic E-state index is 0.0543. The normalized spacial score (nSPS) is 19.2. The van der Waals surface area contributed by atoms with Gasteiger partial charge >= 0.3 is 5.97 Å². The largest absolute Gasteiger partial charge is 0.479 e. The van der Waals surface area contributed by atoms with Crippen molar-refractivity contribution in [3.8, 4) is 0 Å². The van der Waals surface area contributed by atoms with Gasteiger partial charge in [-0.1, -0.05) is 12.1 Å². The summed E-state index contributed by atoms with van der Waals surface area (Å²) >= 11 is 0. The molecular formula is C13H13N3O4. The van der Waals surface area contributed by atoms with Gasteiger partial charge in [-0.2, -0.15) is 5.10 Å². The van der Waals surface area contributed by atoms with Crippen LogP contribution in [0.15, 0.2) is 24.4 Å². The lowest BCUT2D eigenvalue weighted by Gasteiger charge is -2.31. The number of aromatic nitrogens is 2. The molecule has 2 aromatic rings. The molecule has 1 amide bonds. The number of morpholine rings is 1. The Bertz CT molecular complexity index is 666. The number of nitrogens with zero attached hydrogens (tertiary/aromatic N) is 2. The molecule has 20 heavy (non-hydrogen) atoms. The number of rotatable bonds is 2. The van der Waals surface area contributed by atoms with Gasteiger partial charge < -0.3 is 14.7 Å². The van der Waals surface area contributed by atoms with Crippen molar-refractivity contribution in [2.24, 2.45) is 0 Å². The maximum Gasteiger partial charge on any atom is 0.334 e. The number of aliphatic carboxylic acids is 1. The zero-order chi connectivity index (χ0) is 14.1. The number of nitrogens with one attached hydrogen (secondary N) is 1. The number of hydrogen-bond donors (Lipinski definition) is 2. The second kappa shape index (κ2) is 4.93. The van der Waals surface area contributed by atoms with Gasteiger partial charge in [-0.25, -0.2) is 4.79 Å². The number of amides is 1. The molecule has 0 spiro atoms. The van der Waals surface area contributed by atoms with Gasteiger partial charge in [0.05, 0.1) is 30.4 Å². The van der Waals surface area contributed by atoms with E-state index in [2.05, 4.69) is 10.2 Å². The Morgan fingerprint density at radius 1 is 1.45 bits per heavy atom. The molecule has 0 bridgehead atoms. The Morgan fingerprint density at radius 2 is 2.30 bits per heavy atom. The number of para-hydroxylation sites is 1. The number of carbonyl (C=O) groups is 2. The average molecular weight is 275 g/mol. The molecule has 7 nitrogen and oxygen atoms in total. The molecule has 1 aromatic carbocycles. The van der Waals surface area contributed by atoms with Gasteiger partial charge in [0.25, 0.3) is 5.91 Å². The molecular weight excluding hydrogens is 262 g/mol. The maximum absolute atomic E-state index is 12.5. The minimum Gasteiger partial charge on any atom is -0.479 e. The minimum atomic E-state index is -1.05. The fraction of sp³-hybridized carbons (Fsp3) is 0.308. The predicted molar refractivity (Wildman–Crippen MR) is 69.4 cm³/mol. The van der Waals surface area contributed by atoms with E-state index in [9.17, 15) is 9.59 Å². The van der Waals surface area contributed by atoms with Crippen molar-refractivity contribution in [1.29, 1.82) is 0 Å². The summed E-state index contributed by atoms with van der Waals surface area (Å²) in [6.07, 6.45) is 0.680. The van der Waals surface area contributed by atoms with E-state index in [1.807, 2.05) is 6.07 Å². The van der Waals surface area contributed by atoms with Crippen LogP contribution in [0.5, 0.6) is 0 Å². The highest BCUT2D eigenvalue weighted by Gasteiger charge is 2.30. The van der Waals surface area contributed by atoms with Crippen molar-refractivity contribution in [1.82, 2.24) is 15.1 Å². The third-order valence-corrected chi connectivity index (χ3v) is 3.34. The van der Waals surface area contributed by atoms with Crippen molar-refractivity contribution in [3.63, 3.8) is 0 Å². The molecule has 0 aliphatic carbocycles. The van der Waals surface area contributed by atoms with Crippen molar-refractivity contribution in [2.45, 2.75) is 6.10 Å². The summed E-state index contributed by atoms with van der Waals surface area (Å²) < 4.78 is 5.11. The molecule has 3 rings (SSSR count). The predicted octanol–water partition coefficient (Wildman–Crippen LogP) is 0.488. The molecule has 2 heterocycles. The molecule has 104 valence electrons. The first-order valence-electron chi connectivity index (χ1n) is 6.22. The number of aromatic amines is 1. The molecule has 1 unspecified atom stereocenters. The van der Waals surface area contributed by atoms with Gasteiger partial charge in [0.1, 0.15) is 0 Å². The third kappa shape index (κ3) is 2.12. The molecule has 1 atom stereocenters. The summed E-state index contributed by atoms with van der Waals surface area (Å²) in [4.78, 5) is 25.0. The molecule has 7 heteroatoms. The Balaban J connectivity index is 1.88. The Labute approximate surface area is 114 Å². The zero-order valence-corrected chi connectivity index (χ0v) is 10.6. The summed E-state index contributed by atoms with van der Waals surface area (Å²) in [5, 5.41) is 16.5. The lowest BCUT2D eigenvalue weighted by molar-refractivity contribution is -0.154. The molecule has 1 aromatic heterocycles. The molecule has 2 N–H and O–H groups in total. The van der Waals surface area contributed by atoms with Crippen molar-refractivity contribution in [3.05, 3.63) is 30.0 Å². The Morgan fingerprint density at radius 3 is 3.10 bits per heavy atom. The Hall–Kier alpha value is -2.41. The molecule has 1 saturated heterocycles. The monoisotopic (exact) mass is 275 g/mol. The number of hydrogen-bond acceptors (Lipinski definition) is 4. The molecule has 1 aliphatic heterocycles. The van der Waals surface area contributed by atoms with Gasteiger partial charge in [0.2, 0.25) is 0 Å². The summed E-state index contributed by atoms with van der Waals surface area (Å²) in [6.45, 7) is 0.660. The second-order valence-corrected chi connectivity index (χ2v) is 4.59. The quantitative estimate of drug-likeness (QED) is 0.831. The lowest BCUT2D eigenvalue weighted by Crippen LogP contribution is -2.48. The van der Waals surface area contributed by atoms with Crippen molar-refractivity contribution < 1.29 is 19.4 Å². The van der Waals surface area contributed by atoms with Crippen LogP contribution in [0, 0.1) is 0 Å². The van der Waals surface area contributed by atoms with Crippen LogP contribution in [0.4, 0.5) is 0 Å². The topological polar surface area (TPSA) is 95.5 Å². The van der Waals surface area contributed by atoms with Gasteiger partial charge in [0, 0.05) is 11.9 Å². The van der Waals surface area contributed by atoms with Crippen LogP contribution < -0.4 is 0 Å². The fourth-order valence-corrected chi connectivity index (χ4v) is 2.30. The van der Waals surface area contributed by atoms with Gasteiger partial charge in [-0.3, -0.25) is 9.89 Å². The Kier molecular flexibility index (Phi) is 3.11. The van der Waals surface area contributed by atoms with Crippen LogP contribution in [-0.4, -0.2) is 57.9 Å². The molecule has 0 radical (unpaired) electrons. The number of ether oxygens (including phenoxy) is 1. The number of carbonyl (C=O) groups excluding carboxylic acids is 1. The number of H-pyrrole nitrogens is 1. The highest BCUT2D eigenvalue weighted by molar-refractivity contribution is 6.05. The molecule has 1 fully saturated rings. The van der Waals surface area contributed by atoms with Crippen LogP contribution in [-0.2, 0) is 9.53 Å². The zero-order valence-electron chi connectivity index (χ0n) is 10.6. The van der Waals surface area contributed by atoms with E-state index in [1.54, 1.807) is 18.3 Å². The van der Waals surface area contributed by atoms with Crippen LogP contribution in [0.25, 0.3) is 10.9 Å². The second-order valence-electron chi connectivity index (χ2n) is 4.59. The van der Waals surface area contributed by atoms with Gasteiger partial charge in [-0.15, -0.1) is 0 Å². The number of fused-ring (bicyclic) bond motifs is 1. The number of benzene rings is 1. The average Bonchev–Trinajstić information content (AvgIpc) is 2.95. The van der Waals surface area contributed by atoms with Gasteiger partial charge in [-0.05, 0) is 6.07 Å². The highest BCUT2D eigenvalue weighted by atomic mass is 16.5. The molecule has 1 aliphatic rings. The first-order valence-corrected chi connectivity index (χ1v) is 6.22. The summed E-state index contributed by atoms with van der Waals surface area (Å²) in [5.41, 5.74) is 1.15. The van der Waals surface area contributed by atoms with E-state index in [-0.39, 0.29) is 19.1 Å². The summed E-state index contributed by atoms with van der Waals surface area (Å²) in [7, 11) is 0.